The molecular weight excluding hydrogens is 496 g/mol. The van der Waals surface area contributed by atoms with Crippen LogP contribution in [0.1, 0.15) is 105 Å². The lowest BCUT2D eigenvalue weighted by molar-refractivity contribution is -0.260. The molecule has 0 amide bonds. The van der Waals surface area contributed by atoms with Crippen LogP contribution in [-0.2, 0) is 14.2 Å². The summed E-state index contributed by atoms with van der Waals surface area (Å²) >= 11 is 0. The molecule has 0 radical (unpaired) electrons. The fraction of sp³-hybridized carbons (Fsp3) is 0.774. The van der Waals surface area contributed by atoms with E-state index in [-0.39, 0.29) is 22.8 Å². The number of fused-ring (bicyclic) bond motifs is 3. The van der Waals surface area contributed by atoms with Crippen LogP contribution in [0.3, 0.4) is 0 Å². The van der Waals surface area contributed by atoms with E-state index >= 15 is 0 Å². The number of carbonyl (C=O) groups excluding carboxylic acids is 1. The number of aromatic nitrogens is 2. The fourth-order valence-electron chi connectivity index (χ4n) is 6.25. The monoisotopic (exact) mass is 552 g/mol. The van der Waals surface area contributed by atoms with Gasteiger partial charge < -0.3 is 24.1 Å². The van der Waals surface area contributed by atoms with Crippen LogP contribution in [0.4, 0.5) is 0 Å². The molecule has 0 bridgehead atoms. The van der Waals surface area contributed by atoms with Gasteiger partial charge in [0.25, 0.3) is 0 Å². The summed E-state index contributed by atoms with van der Waals surface area (Å²) in [5.41, 5.74) is 1.55. The van der Waals surface area contributed by atoms with Crippen LogP contribution in [0.5, 0.6) is 5.75 Å². The van der Waals surface area contributed by atoms with Crippen molar-refractivity contribution in [1.29, 1.82) is 0 Å². The maximum atomic E-state index is 11.5. The van der Waals surface area contributed by atoms with Crippen molar-refractivity contribution in [2.45, 2.75) is 100 Å². The maximum Gasteiger partial charge on any atom is 0.376 e. The molecule has 2 aliphatic carbocycles. The summed E-state index contributed by atoms with van der Waals surface area (Å²) in [6.07, 6.45) is 9.87. The number of hydrogen-bond acceptors (Lipinski definition) is 8. The minimum atomic E-state index is -0.557. The Morgan fingerprint density at radius 1 is 1.10 bits per heavy atom. The largest absolute Gasteiger partial charge is 0.490 e. The van der Waals surface area contributed by atoms with Crippen LogP contribution in [0, 0.1) is 22.7 Å². The molecule has 2 saturated carbocycles. The molecule has 4 unspecified atom stereocenters. The third kappa shape index (κ3) is 9.25. The van der Waals surface area contributed by atoms with Crippen molar-refractivity contribution in [3.8, 4) is 5.75 Å². The minimum absolute atomic E-state index is 0.0304. The summed E-state index contributed by atoms with van der Waals surface area (Å²) in [4.78, 5) is 19.5. The van der Waals surface area contributed by atoms with Gasteiger partial charge in [0, 0.05) is 12.5 Å². The molecule has 3 aliphatic rings. The first-order valence-electron chi connectivity index (χ1n) is 14.6. The summed E-state index contributed by atoms with van der Waals surface area (Å²) in [5.74, 6) is 0.963. The van der Waals surface area contributed by atoms with Crippen molar-refractivity contribution in [2.24, 2.45) is 22.7 Å². The predicted molar refractivity (Wildman–Crippen MR) is 157 cm³/mol. The predicted octanol–water partition coefficient (Wildman–Crippen LogP) is 6.87. The molecule has 5 atom stereocenters. The number of hydrogen-bond donors (Lipinski definition) is 1. The number of nitrogens with zero attached hydrogens (tertiary/aromatic N) is 2. The molecule has 8 nitrogen and oxygen atoms in total. The fourth-order valence-corrected chi connectivity index (χ4v) is 6.25. The van der Waals surface area contributed by atoms with Gasteiger partial charge in [-0.25, -0.2) is 14.8 Å². The quantitative estimate of drug-likeness (QED) is 0.312. The lowest BCUT2D eigenvalue weighted by Crippen LogP contribution is -2.60. The number of rotatable bonds is 5. The highest BCUT2D eigenvalue weighted by Crippen LogP contribution is 2.62. The summed E-state index contributed by atoms with van der Waals surface area (Å²) < 4.78 is 22.3. The van der Waals surface area contributed by atoms with Gasteiger partial charge in [-0.15, -0.1) is 0 Å². The Morgan fingerprint density at radius 2 is 1.69 bits per heavy atom. The molecule has 1 aliphatic heterocycles. The van der Waals surface area contributed by atoms with Crippen molar-refractivity contribution in [1.82, 2.24) is 9.97 Å². The summed E-state index contributed by atoms with van der Waals surface area (Å²) in [6.45, 7) is 23.2. The molecule has 4 rings (SSSR count). The van der Waals surface area contributed by atoms with Crippen molar-refractivity contribution in [3.05, 3.63) is 30.4 Å². The van der Waals surface area contributed by atoms with Crippen LogP contribution < -0.4 is 4.74 Å². The SMILES string of the molecule is C=C1CCC2C(C)(CCC3OCOC[C@]32C)C1CCOc1cnc(C(=O)OC)nc1.CC.CC.CCC.CO. The minimum Gasteiger partial charge on any atom is -0.490 e. The Labute approximate surface area is 237 Å². The molecule has 1 saturated heterocycles. The molecule has 3 fully saturated rings. The Balaban J connectivity index is 0.00000145. The topological polar surface area (TPSA) is 100 Å². The number of aliphatic hydroxyl groups is 1. The zero-order valence-electron chi connectivity index (χ0n) is 26.3. The number of methoxy groups -OCH3 is 1. The van der Waals surface area contributed by atoms with Crippen molar-refractivity contribution in [2.75, 3.05) is 34.2 Å². The normalized spacial score (nSPS) is 28.5. The third-order valence-electron chi connectivity index (χ3n) is 7.75. The van der Waals surface area contributed by atoms with E-state index in [2.05, 4.69) is 49.0 Å². The van der Waals surface area contributed by atoms with Crippen LogP contribution >= 0.6 is 0 Å². The zero-order chi connectivity index (χ0) is 30.1. The first-order valence-corrected chi connectivity index (χ1v) is 14.6. The van der Waals surface area contributed by atoms with Gasteiger partial charge >= 0.3 is 5.97 Å². The average molecular weight is 553 g/mol. The van der Waals surface area contributed by atoms with Gasteiger partial charge in [0.1, 0.15) is 6.79 Å². The zero-order valence-corrected chi connectivity index (χ0v) is 26.3. The van der Waals surface area contributed by atoms with Gasteiger partial charge in [0.05, 0.1) is 38.8 Å². The van der Waals surface area contributed by atoms with E-state index in [1.165, 1.54) is 31.5 Å². The number of allylic oxidation sites excluding steroid dienone is 1. The first-order chi connectivity index (χ1) is 18.8. The molecule has 2 heterocycles. The average Bonchev–Trinajstić information content (AvgIpc) is 2.97. The van der Waals surface area contributed by atoms with E-state index in [0.717, 1.165) is 45.8 Å². The lowest BCUT2D eigenvalue weighted by atomic mass is 9.46. The molecule has 1 aromatic rings. The van der Waals surface area contributed by atoms with Crippen LogP contribution in [-0.4, -0.2) is 61.4 Å². The Hall–Kier alpha value is -2.03. The second kappa shape index (κ2) is 19.1. The Bertz CT molecular complexity index is 818. The molecule has 1 aromatic heterocycles. The molecule has 0 aromatic carbocycles. The Morgan fingerprint density at radius 3 is 2.26 bits per heavy atom. The second-order valence-electron chi connectivity index (χ2n) is 10.1. The van der Waals surface area contributed by atoms with E-state index in [1.54, 1.807) is 0 Å². The standard InChI is InChI=1S/C23H32N2O5.C3H8.2C2H6.CH4O/c1-15-5-6-18-22(2,9-7-19-23(18,3)13-28-14-30-19)17(15)8-10-29-16-11-24-20(25-12-16)21(26)27-4;1-3-2;3*1-2/h11-12,17-19H,1,5-10,13-14H2,2-4H3;3H2,1-2H3;2*1-2H3;2H,1H3/t17?,18?,19?,22?,23-;;;;/m0..../s1. The number of esters is 1. The van der Waals surface area contributed by atoms with Gasteiger partial charge in [-0.05, 0) is 49.4 Å². The molecule has 226 valence electrons. The lowest BCUT2D eigenvalue weighted by Gasteiger charge is -2.62. The van der Waals surface area contributed by atoms with Gasteiger partial charge in [-0.1, -0.05) is 74.0 Å². The van der Waals surface area contributed by atoms with Crippen LogP contribution in [0.25, 0.3) is 0 Å². The van der Waals surface area contributed by atoms with E-state index in [1.807, 2.05) is 27.7 Å². The van der Waals surface area contributed by atoms with E-state index in [0.29, 0.717) is 31.0 Å². The van der Waals surface area contributed by atoms with Crippen LogP contribution in [0.2, 0.25) is 0 Å². The van der Waals surface area contributed by atoms with Gasteiger partial charge in [-0.3, -0.25) is 0 Å². The van der Waals surface area contributed by atoms with Crippen LogP contribution in [0.15, 0.2) is 24.5 Å². The van der Waals surface area contributed by atoms with Crippen molar-refractivity contribution < 1.29 is 28.8 Å². The summed E-state index contributed by atoms with van der Waals surface area (Å²) in [5, 5.41) is 7.00. The van der Waals surface area contributed by atoms with Crippen molar-refractivity contribution >= 4 is 5.97 Å². The smallest absolute Gasteiger partial charge is 0.376 e. The number of ether oxygens (including phenoxy) is 4. The molecular formula is C31H56N2O6. The molecule has 8 heteroatoms. The summed E-state index contributed by atoms with van der Waals surface area (Å²) in [7, 11) is 2.31. The van der Waals surface area contributed by atoms with E-state index < -0.39 is 5.97 Å². The van der Waals surface area contributed by atoms with Crippen molar-refractivity contribution in [3.63, 3.8) is 0 Å². The van der Waals surface area contributed by atoms with E-state index in [9.17, 15) is 4.79 Å². The highest BCUT2D eigenvalue weighted by Gasteiger charge is 2.59. The second-order valence-corrected chi connectivity index (χ2v) is 10.1. The van der Waals surface area contributed by atoms with E-state index in [4.69, 9.17) is 19.3 Å². The highest BCUT2D eigenvalue weighted by atomic mass is 16.7. The first kappa shape index (κ1) is 37.0. The van der Waals surface area contributed by atoms with Gasteiger partial charge in [0.2, 0.25) is 5.82 Å². The number of carbonyl (C=O) groups is 1. The molecule has 1 N–H and O–H groups in total. The van der Waals surface area contributed by atoms with Gasteiger partial charge in [0.15, 0.2) is 5.75 Å². The Kier molecular flexibility index (Phi) is 18.1. The summed E-state index contributed by atoms with van der Waals surface area (Å²) in [6, 6.07) is 0. The van der Waals surface area contributed by atoms with Gasteiger partial charge in [-0.2, -0.15) is 0 Å². The number of aliphatic hydroxyl groups excluding tert-OH is 1. The highest BCUT2D eigenvalue weighted by molar-refractivity contribution is 5.84. The third-order valence-corrected chi connectivity index (χ3v) is 7.75. The molecule has 39 heavy (non-hydrogen) atoms. The maximum absolute atomic E-state index is 11.5. The molecule has 0 spiro atoms.